The Balaban J connectivity index is 4.36. The largest absolute Gasteiger partial charge is 0.490 e. The third-order valence-corrected chi connectivity index (χ3v) is 1.80. The third-order valence-electron chi connectivity index (χ3n) is 1.80. The van der Waals surface area contributed by atoms with E-state index in [0.717, 1.165) is 14.0 Å². The Kier molecular flexibility index (Phi) is 5.60. The Morgan fingerprint density at radius 2 is 1.67 bits per heavy atom. The SMILES string of the molecule is COC(=O)[C@H](C)NC(=O)[C@H](C)OC(=O)C(F)(F)F. The van der Waals surface area contributed by atoms with Crippen LogP contribution in [0.2, 0.25) is 0 Å². The molecule has 0 aliphatic heterocycles. The van der Waals surface area contributed by atoms with Gasteiger partial charge < -0.3 is 14.8 Å². The normalized spacial score (nSPS) is 14.3. The fraction of sp³-hybridized carbons (Fsp3) is 0.667. The second kappa shape index (κ2) is 6.22. The zero-order valence-electron chi connectivity index (χ0n) is 9.83. The van der Waals surface area contributed by atoms with Gasteiger partial charge in [0.05, 0.1) is 7.11 Å². The van der Waals surface area contributed by atoms with E-state index in [4.69, 9.17) is 0 Å². The molecule has 1 N–H and O–H groups in total. The van der Waals surface area contributed by atoms with E-state index in [0.29, 0.717) is 0 Å². The third kappa shape index (κ3) is 5.02. The number of nitrogens with one attached hydrogen (secondary N) is 1. The van der Waals surface area contributed by atoms with Crippen molar-refractivity contribution < 1.29 is 37.0 Å². The Hall–Kier alpha value is -1.80. The van der Waals surface area contributed by atoms with E-state index in [9.17, 15) is 27.6 Å². The summed E-state index contributed by atoms with van der Waals surface area (Å²) in [4.78, 5) is 32.6. The topological polar surface area (TPSA) is 81.7 Å². The average Bonchev–Trinajstić information content (AvgIpc) is 2.26. The van der Waals surface area contributed by atoms with Gasteiger partial charge in [-0.25, -0.2) is 9.59 Å². The van der Waals surface area contributed by atoms with Crippen molar-refractivity contribution in [2.45, 2.75) is 32.2 Å². The fourth-order valence-electron chi connectivity index (χ4n) is 0.847. The van der Waals surface area contributed by atoms with E-state index in [-0.39, 0.29) is 0 Å². The number of amides is 1. The van der Waals surface area contributed by atoms with Crippen molar-refractivity contribution >= 4 is 17.8 Å². The van der Waals surface area contributed by atoms with Gasteiger partial charge in [0, 0.05) is 0 Å². The van der Waals surface area contributed by atoms with Gasteiger partial charge in [0.25, 0.3) is 5.91 Å². The number of halogens is 3. The molecule has 0 heterocycles. The Morgan fingerprint density at radius 1 is 1.17 bits per heavy atom. The molecule has 0 bridgehead atoms. The van der Waals surface area contributed by atoms with E-state index in [1.807, 2.05) is 5.32 Å². The number of rotatable bonds is 4. The molecule has 0 rings (SSSR count). The predicted molar refractivity (Wildman–Crippen MR) is 51.2 cm³/mol. The highest BCUT2D eigenvalue weighted by molar-refractivity contribution is 5.88. The van der Waals surface area contributed by atoms with Gasteiger partial charge in [-0.15, -0.1) is 0 Å². The lowest BCUT2D eigenvalue weighted by molar-refractivity contribution is -0.204. The molecule has 0 aromatic carbocycles. The summed E-state index contributed by atoms with van der Waals surface area (Å²) in [5, 5.41) is 2.03. The second-order valence-electron chi connectivity index (χ2n) is 3.30. The summed E-state index contributed by atoms with van der Waals surface area (Å²) in [6, 6.07) is -1.06. The number of alkyl halides is 3. The van der Waals surface area contributed by atoms with E-state index >= 15 is 0 Å². The van der Waals surface area contributed by atoms with Crippen LogP contribution in [0.4, 0.5) is 13.2 Å². The van der Waals surface area contributed by atoms with Gasteiger partial charge in [0.15, 0.2) is 6.10 Å². The predicted octanol–water partition coefficient (Wildman–Crippen LogP) is 0.158. The number of carbonyl (C=O) groups is 3. The molecule has 0 unspecified atom stereocenters. The summed E-state index contributed by atoms with van der Waals surface area (Å²) in [5.74, 6) is -4.29. The number of hydrogen-bond donors (Lipinski definition) is 1. The van der Waals surface area contributed by atoms with Crippen LogP contribution in [-0.2, 0) is 23.9 Å². The highest BCUT2D eigenvalue weighted by Gasteiger charge is 2.42. The van der Waals surface area contributed by atoms with Crippen molar-refractivity contribution in [2.24, 2.45) is 0 Å². The average molecular weight is 271 g/mol. The van der Waals surface area contributed by atoms with Crippen molar-refractivity contribution in [1.29, 1.82) is 0 Å². The lowest BCUT2D eigenvalue weighted by atomic mass is 10.3. The maximum Gasteiger partial charge on any atom is 0.490 e. The molecule has 0 spiro atoms. The highest BCUT2D eigenvalue weighted by Crippen LogP contribution is 2.17. The van der Waals surface area contributed by atoms with Crippen LogP contribution < -0.4 is 5.32 Å². The van der Waals surface area contributed by atoms with Crippen LogP contribution >= 0.6 is 0 Å². The van der Waals surface area contributed by atoms with Crippen molar-refractivity contribution in [1.82, 2.24) is 5.32 Å². The first-order chi connectivity index (χ1) is 8.09. The number of methoxy groups -OCH3 is 1. The molecule has 0 aliphatic rings. The molecule has 18 heavy (non-hydrogen) atoms. The molecule has 0 radical (unpaired) electrons. The van der Waals surface area contributed by atoms with Crippen molar-refractivity contribution in [3.05, 3.63) is 0 Å². The molecular weight excluding hydrogens is 259 g/mol. The molecule has 0 saturated carbocycles. The Bertz CT molecular complexity index is 342. The van der Waals surface area contributed by atoms with Gasteiger partial charge in [-0.3, -0.25) is 4.79 Å². The van der Waals surface area contributed by atoms with E-state index in [1.165, 1.54) is 6.92 Å². The molecule has 2 atom stereocenters. The summed E-state index contributed by atoms with van der Waals surface area (Å²) in [6.45, 7) is 2.21. The molecule has 1 amide bonds. The number of ether oxygens (including phenoxy) is 2. The molecule has 0 saturated heterocycles. The first-order valence-electron chi connectivity index (χ1n) is 4.75. The van der Waals surface area contributed by atoms with Crippen molar-refractivity contribution in [3.8, 4) is 0 Å². The highest BCUT2D eigenvalue weighted by atomic mass is 19.4. The lowest BCUT2D eigenvalue weighted by Gasteiger charge is -2.17. The van der Waals surface area contributed by atoms with Gasteiger partial charge in [0.1, 0.15) is 6.04 Å². The smallest absolute Gasteiger partial charge is 0.467 e. The molecule has 0 fully saturated rings. The number of hydrogen-bond acceptors (Lipinski definition) is 5. The summed E-state index contributed by atoms with van der Waals surface area (Å²) in [6.07, 6.45) is -6.85. The van der Waals surface area contributed by atoms with Crippen LogP contribution in [-0.4, -0.2) is 43.3 Å². The zero-order chi connectivity index (χ0) is 14.5. The minimum Gasteiger partial charge on any atom is -0.467 e. The van der Waals surface area contributed by atoms with Crippen molar-refractivity contribution in [3.63, 3.8) is 0 Å². The molecule has 0 aromatic heterocycles. The Morgan fingerprint density at radius 3 is 2.06 bits per heavy atom. The minimum absolute atomic E-state index is 0.780. The second-order valence-corrected chi connectivity index (χ2v) is 3.30. The Labute approximate surface area is 100 Å². The quantitative estimate of drug-likeness (QED) is 0.736. The fourth-order valence-corrected chi connectivity index (χ4v) is 0.847. The summed E-state index contributed by atoms with van der Waals surface area (Å²) >= 11 is 0. The van der Waals surface area contributed by atoms with Gasteiger partial charge in [-0.2, -0.15) is 13.2 Å². The monoisotopic (exact) mass is 271 g/mol. The first-order valence-corrected chi connectivity index (χ1v) is 4.75. The van der Waals surface area contributed by atoms with Gasteiger partial charge >= 0.3 is 18.1 Å². The van der Waals surface area contributed by atoms with E-state index < -0.39 is 36.2 Å². The summed E-state index contributed by atoms with van der Waals surface area (Å²) < 4.78 is 43.7. The number of carbonyl (C=O) groups excluding carboxylic acids is 3. The number of esters is 2. The molecule has 0 aliphatic carbocycles. The van der Waals surface area contributed by atoms with Crippen molar-refractivity contribution in [2.75, 3.05) is 7.11 Å². The van der Waals surface area contributed by atoms with Gasteiger partial charge in [0.2, 0.25) is 0 Å². The van der Waals surface area contributed by atoms with Crippen LogP contribution in [0.1, 0.15) is 13.8 Å². The standard InChI is InChI=1S/C9H12F3NO5/c1-4(7(15)17-3)13-6(14)5(2)18-8(16)9(10,11)12/h4-5H,1-3H3,(H,13,14)/t4-,5-/m0/s1. The van der Waals surface area contributed by atoms with Crippen LogP contribution in [0.25, 0.3) is 0 Å². The summed E-state index contributed by atoms with van der Waals surface area (Å²) in [5.41, 5.74) is 0. The van der Waals surface area contributed by atoms with E-state index in [1.54, 1.807) is 0 Å². The molecular formula is C9H12F3NO5. The van der Waals surface area contributed by atoms with Gasteiger partial charge in [-0.1, -0.05) is 0 Å². The van der Waals surface area contributed by atoms with Crippen LogP contribution in [0.5, 0.6) is 0 Å². The maximum absolute atomic E-state index is 11.8. The lowest BCUT2D eigenvalue weighted by Crippen LogP contribution is -2.45. The first kappa shape index (κ1) is 16.2. The molecule has 6 nitrogen and oxygen atoms in total. The summed E-state index contributed by atoms with van der Waals surface area (Å²) in [7, 11) is 1.08. The maximum atomic E-state index is 11.8. The zero-order valence-corrected chi connectivity index (χ0v) is 9.83. The molecule has 104 valence electrons. The molecule has 0 aromatic rings. The van der Waals surface area contributed by atoms with E-state index in [2.05, 4.69) is 9.47 Å². The molecule has 9 heteroatoms. The minimum atomic E-state index is -5.18. The van der Waals surface area contributed by atoms with Crippen LogP contribution in [0.15, 0.2) is 0 Å². The van der Waals surface area contributed by atoms with Crippen LogP contribution in [0, 0.1) is 0 Å². The van der Waals surface area contributed by atoms with Crippen LogP contribution in [0.3, 0.4) is 0 Å². The van der Waals surface area contributed by atoms with Gasteiger partial charge in [-0.05, 0) is 13.8 Å².